The average molecular weight is 427 g/mol. The zero-order chi connectivity index (χ0) is 21.5. The number of hydrogen-bond donors (Lipinski definition) is 0. The van der Waals surface area contributed by atoms with E-state index in [0.717, 1.165) is 41.7 Å². The summed E-state index contributed by atoms with van der Waals surface area (Å²) < 4.78 is 7.71. The molecular weight excluding hydrogens is 396 g/mol. The number of aromatic nitrogens is 2. The van der Waals surface area contributed by atoms with Gasteiger partial charge in [-0.25, -0.2) is 4.98 Å². The number of esters is 1. The number of para-hydroxylation sites is 2. The van der Waals surface area contributed by atoms with E-state index in [2.05, 4.69) is 20.8 Å². The number of rotatable bonds is 4. The molecule has 0 radical (unpaired) electrons. The average Bonchev–Trinajstić information content (AvgIpc) is 3.07. The number of halogens is 1. The van der Waals surface area contributed by atoms with E-state index in [1.807, 2.05) is 53.1 Å². The molecule has 4 rings (SSSR count). The Kier molecular flexibility index (Phi) is 7.92. The lowest BCUT2D eigenvalue weighted by Gasteiger charge is -2.26. The van der Waals surface area contributed by atoms with E-state index >= 15 is 0 Å². The van der Waals surface area contributed by atoms with Crippen molar-refractivity contribution in [3.63, 3.8) is 0 Å². The van der Waals surface area contributed by atoms with E-state index in [4.69, 9.17) is 21.3 Å². The van der Waals surface area contributed by atoms with Gasteiger partial charge in [0.05, 0.1) is 11.0 Å². The van der Waals surface area contributed by atoms with Gasteiger partial charge in [0.2, 0.25) is 0 Å². The molecular formula is C25H31ClN2O2. The maximum atomic E-state index is 12.7. The second-order valence-corrected chi connectivity index (χ2v) is 8.55. The minimum absolute atomic E-state index is 0.0330. The maximum absolute atomic E-state index is 12.7. The fourth-order valence-corrected chi connectivity index (χ4v) is 4.11. The van der Waals surface area contributed by atoms with Gasteiger partial charge in [-0.3, -0.25) is 4.79 Å². The van der Waals surface area contributed by atoms with Crippen LogP contribution in [0.25, 0.3) is 22.4 Å². The highest BCUT2D eigenvalue weighted by Crippen LogP contribution is 2.28. The van der Waals surface area contributed by atoms with Gasteiger partial charge in [-0.15, -0.1) is 0 Å². The van der Waals surface area contributed by atoms with Gasteiger partial charge in [0.15, 0.2) is 0 Å². The van der Waals surface area contributed by atoms with Crippen molar-refractivity contribution in [2.24, 2.45) is 5.92 Å². The molecule has 4 nitrogen and oxygen atoms in total. The first-order valence-corrected chi connectivity index (χ1v) is 11.3. The fourth-order valence-electron chi connectivity index (χ4n) is 3.92. The summed E-state index contributed by atoms with van der Waals surface area (Å²) in [5, 5.41) is 0.643. The second kappa shape index (κ2) is 10.6. The molecule has 0 N–H and O–H groups in total. The van der Waals surface area contributed by atoms with Crippen molar-refractivity contribution in [2.75, 3.05) is 0 Å². The first-order valence-electron chi connectivity index (χ1n) is 10.9. The van der Waals surface area contributed by atoms with E-state index in [0.29, 0.717) is 10.9 Å². The summed E-state index contributed by atoms with van der Waals surface area (Å²) in [5.41, 5.74) is 2.66. The van der Waals surface area contributed by atoms with Crippen LogP contribution in [-0.2, 0) is 16.1 Å². The van der Waals surface area contributed by atoms with Crippen LogP contribution in [-0.4, -0.2) is 21.6 Å². The van der Waals surface area contributed by atoms with Crippen LogP contribution in [0.5, 0.6) is 0 Å². The van der Waals surface area contributed by atoms with Crippen LogP contribution in [0, 0.1) is 5.92 Å². The molecule has 160 valence electrons. The molecule has 3 aromatic rings. The number of carbonyl (C=O) groups excluding carboxylic acids is 1. The number of ether oxygens (including phenoxy) is 1. The highest BCUT2D eigenvalue weighted by atomic mass is 35.5. The van der Waals surface area contributed by atoms with Gasteiger partial charge in [0, 0.05) is 10.6 Å². The third-order valence-electron chi connectivity index (χ3n) is 5.21. The highest BCUT2D eigenvalue weighted by molar-refractivity contribution is 6.30. The summed E-state index contributed by atoms with van der Waals surface area (Å²) in [5.74, 6) is 1.14. The van der Waals surface area contributed by atoms with E-state index in [-0.39, 0.29) is 18.6 Å². The topological polar surface area (TPSA) is 44.1 Å². The van der Waals surface area contributed by atoms with Crippen molar-refractivity contribution in [1.82, 2.24) is 9.55 Å². The van der Waals surface area contributed by atoms with Gasteiger partial charge in [0.1, 0.15) is 18.5 Å². The smallest absolute Gasteiger partial charge is 0.326 e. The Balaban J connectivity index is 0.000000806. The first-order chi connectivity index (χ1) is 14.5. The predicted molar refractivity (Wildman–Crippen MR) is 124 cm³/mol. The van der Waals surface area contributed by atoms with Gasteiger partial charge in [-0.2, -0.15) is 0 Å². The highest BCUT2D eigenvalue weighted by Gasteiger charge is 2.23. The zero-order valence-electron chi connectivity index (χ0n) is 18.1. The molecule has 1 heterocycles. The quantitative estimate of drug-likeness (QED) is 0.426. The summed E-state index contributed by atoms with van der Waals surface area (Å²) in [6, 6.07) is 15.4. The Hall–Kier alpha value is -2.33. The number of imidazole rings is 1. The van der Waals surface area contributed by atoms with Gasteiger partial charge in [-0.1, -0.05) is 69.5 Å². The molecule has 1 aliphatic rings. The summed E-state index contributed by atoms with van der Waals surface area (Å²) >= 11 is 6.17. The van der Waals surface area contributed by atoms with E-state index < -0.39 is 0 Å². The van der Waals surface area contributed by atoms with Gasteiger partial charge < -0.3 is 9.30 Å². The third-order valence-corrected chi connectivity index (χ3v) is 5.45. The second-order valence-electron chi connectivity index (χ2n) is 8.11. The van der Waals surface area contributed by atoms with Crippen LogP contribution in [0.15, 0.2) is 48.5 Å². The molecule has 0 amide bonds. The van der Waals surface area contributed by atoms with Crippen LogP contribution in [0.2, 0.25) is 5.02 Å². The number of benzene rings is 2. The standard InChI is InChI=1S/C22H23ClN2O2.C3H8/c1-15-6-4-9-18(12-15)27-21(26)14-25-20-11-3-2-10-19(20)24-22(25)16-7-5-8-17(23)13-16;1-3-2/h2-3,5,7-8,10-11,13,15,18H,4,6,9,12,14H2,1H3;3H2,1-2H3/t15?,18-;/m0./s1. The molecule has 30 heavy (non-hydrogen) atoms. The van der Waals surface area contributed by atoms with Crippen LogP contribution in [0.4, 0.5) is 0 Å². The van der Waals surface area contributed by atoms with E-state index in [1.165, 1.54) is 12.8 Å². The largest absolute Gasteiger partial charge is 0.461 e. The number of hydrogen-bond acceptors (Lipinski definition) is 3. The SMILES string of the molecule is CC1CCC[C@H](OC(=O)Cn2c(-c3cccc(Cl)c3)nc3ccccc32)C1.CCC. The summed E-state index contributed by atoms with van der Waals surface area (Å²) in [6.45, 7) is 6.62. The molecule has 1 unspecified atom stereocenters. The third kappa shape index (κ3) is 5.63. The Morgan fingerprint density at radius 1 is 1.17 bits per heavy atom. The van der Waals surface area contributed by atoms with Crippen LogP contribution in [0.1, 0.15) is 52.9 Å². The Morgan fingerprint density at radius 2 is 1.93 bits per heavy atom. The number of carbonyl (C=O) groups is 1. The maximum Gasteiger partial charge on any atom is 0.326 e. The zero-order valence-corrected chi connectivity index (χ0v) is 18.9. The Labute approximate surface area is 184 Å². The van der Waals surface area contributed by atoms with Crippen LogP contribution in [0.3, 0.4) is 0 Å². The molecule has 1 saturated carbocycles. The first kappa shape index (κ1) is 22.4. The molecule has 2 atom stereocenters. The minimum atomic E-state index is -0.208. The Bertz CT molecular complexity index is 982. The van der Waals surface area contributed by atoms with Crippen LogP contribution >= 0.6 is 11.6 Å². The number of fused-ring (bicyclic) bond motifs is 1. The molecule has 0 aliphatic heterocycles. The molecule has 5 heteroatoms. The molecule has 1 fully saturated rings. The van der Waals surface area contributed by atoms with Crippen molar-refractivity contribution in [2.45, 2.75) is 65.5 Å². The summed E-state index contributed by atoms with van der Waals surface area (Å²) in [4.78, 5) is 17.4. The van der Waals surface area contributed by atoms with Gasteiger partial charge in [0.25, 0.3) is 0 Å². The van der Waals surface area contributed by atoms with Crippen molar-refractivity contribution < 1.29 is 9.53 Å². The summed E-state index contributed by atoms with van der Waals surface area (Å²) in [6.07, 6.45) is 5.55. The van der Waals surface area contributed by atoms with Gasteiger partial charge in [-0.05, 0) is 49.4 Å². The molecule has 0 spiro atoms. The van der Waals surface area contributed by atoms with E-state index in [9.17, 15) is 4.79 Å². The Morgan fingerprint density at radius 3 is 2.67 bits per heavy atom. The molecule has 2 aromatic carbocycles. The predicted octanol–water partition coefficient (Wildman–Crippen LogP) is 6.89. The lowest BCUT2D eigenvalue weighted by atomic mass is 9.89. The van der Waals surface area contributed by atoms with Crippen molar-refractivity contribution in [3.05, 3.63) is 53.6 Å². The minimum Gasteiger partial charge on any atom is -0.461 e. The van der Waals surface area contributed by atoms with Crippen molar-refractivity contribution in [1.29, 1.82) is 0 Å². The molecule has 0 saturated heterocycles. The van der Waals surface area contributed by atoms with Crippen molar-refractivity contribution >= 4 is 28.6 Å². The normalized spacial score (nSPS) is 18.5. The monoisotopic (exact) mass is 426 g/mol. The van der Waals surface area contributed by atoms with E-state index in [1.54, 1.807) is 0 Å². The molecule has 1 aromatic heterocycles. The van der Waals surface area contributed by atoms with Crippen molar-refractivity contribution in [3.8, 4) is 11.4 Å². The number of nitrogens with zero attached hydrogens (tertiary/aromatic N) is 2. The molecule has 0 bridgehead atoms. The fraction of sp³-hybridized carbons (Fsp3) is 0.440. The lowest BCUT2D eigenvalue weighted by Crippen LogP contribution is -2.26. The lowest BCUT2D eigenvalue weighted by molar-refractivity contribution is -0.151. The molecule has 1 aliphatic carbocycles. The van der Waals surface area contributed by atoms with Crippen LogP contribution < -0.4 is 0 Å². The van der Waals surface area contributed by atoms with Gasteiger partial charge >= 0.3 is 5.97 Å². The summed E-state index contributed by atoms with van der Waals surface area (Å²) in [7, 11) is 0.